The highest BCUT2D eigenvalue weighted by molar-refractivity contribution is 5.86. The second-order valence-electron chi connectivity index (χ2n) is 5.06. The molecule has 1 aliphatic heterocycles. The van der Waals surface area contributed by atoms with Gasteiger partial charge in [0.2, 0.25) is 5.91 Å². The van der Waals surface area contributed by atoms with Gasteiger partial charge in [0.25, 0.3) is 0 Å². The molecule has 4 heteroatoms. The molecule has 2 fully saturated rings. The van der Waals surface area contributed by atoms with Gasteiger partial charge in [0.05, 0.1) is 11.6 Å². The molecule has 1 aliphatic carbocycles. The molecular formula is C11H20N2O2. The lowest BCUT2D eigenvalue weighted by Gasteiger charge is -2.32. The molecular weight excluding hydrogens is 192 g/mol. The van der Waals surface area contributed by atoms with E-state index in [1.54, 1.807) is 0 Å². The summed E-state index contributed by atoms with van der Waals surface area (Å²) in [5, 5.41) is 15.3. The average molecular weight is 212 g/mol. The van der Waals surface area contributed by atoms with Gasteiger partial charge in [0.15, 0.2) is 0 Å². The van der Waals surface area contributed by atoms with Crippen LogP contribution in [0.25, 0.3) is 0 Å². The van der Waals surface area contributed by atoms with Crippen molar-refractivity contribution in [2.45, 2.75) is 44.2 Å². The number of nitrogens with one attached hydrogen (secondary N) is 2. The van der Waals surface area contributed by atoms with Crippen molar-refractivity contribution in [3.63, 3.8) is 0 Å². The molecule has 0 radical (unpaired) electrons. The summed E-state index contributed by atoms with van der Waals surface area (Å²) in [4.78, 5) is 11.9. The maximum absolute atomic E-state index is 11.9. The van der Waals surface area contributed by atoms with E-state index in [1.165, 1.54) is 0 Å². The number of hydrogen-bond donors (Lipinski definition) is 3. The first-order valence-electron chi connectivity index (χ1n) is 5.81. The third-order valence-electron chi connectivity index (χ3n) is 3.63. The van der Waals surface area contributed by atoms with Crippen LogP contribution in [0.15, 0.2) is 0 Å². The van der Waals surface area contributed by atoms with Crippen LogP contribution in [0, 0.1) is 5.92 Å². The maximum atomic E-state index is 11.9. The highest BCUT2D eigenvalue weighted by Gasteiger charge is 2.36. The Bertz CT molecular complexity index is 243. The van der Waals surface area contributed by atoms with E-state index in [0.29, 0.717) is 12.5 Å². The van der Waals surface area contributed by atoms with Crippen LogP contribution in [0.3, 0.4) is 0 Å². The summed E-state index contributed by atoms with van der Waals surface area (Å²) in [5.41, 5.74) is -0.359. The van der Waals surface area contributed by atoms with E-state index in [4.69, 9.17) is 5.11 Å². The van der Waals surface area contributed by atoms with Gasteiger partial charge in [-0.2, -0.15) is 0 Å². The normalized spacial score (nSPS) is 39.9. The second kappa shape index (κ2) is 4.10. The minimum absolute atomic E-state index is 0.112. The van der Waals surface area contributed by atoms with Crippen LogP contribution in [-0.4, -0.2) is 35.7 Å². The van der Waals surface area contributed by atoms with Gasteiger partial charge < -0.3 is 15.7 Å². The number of amides is 1. The van der Waals surface area contributed by atoms with Crippen molar-refractivity contribution in [1.82, 2.24) is 10.6 Å². The molecule has 86 valence electrons. The van der Waals surface area contributed by atoms with Gasteiger partial charge in [0.1, 0.15) is 0 Å². The molecule has 2 rings (SSSR count). The molecule has 4 nitrogen and oxygen atoms in total. The van der Waals surface area contributed by atoms with E-state index in [1.807, 2.05) is 6.92 Å². The molecule has 0 aromatic rings. The number of aliphatic hydroxyl groups is 1. The van der Waals surface area contributed by atoms with E-state index in [2.05, 4.69) is 10.6 Å². The predicted molar refractivity (Wildman–Crippen MR) is 57.4 cm³/mol. The number of carbonyl (C=O) groups excluding carboxylic acids is 1. The first-order chi connectivity index (χ1) is 7.10. The molecule has 0 bridgehead atoms. The molecule has 0 spiro atoms. The Morgan fingerprint density at radius 2 is 2.33 bits per heavy atom. The Kier molecular flexibility index (Phi) is 2.98. The van der Waals surface area contributed by atoms with Crippen molar-refractivity contribution in [2.75, 3.05) is 13.1 Å². The zero-order chi connectivity index (χ0) is 10.9. The van der Waals surface area contributed by atoms with Gasteiger partial charge in [-0.05, 0) is 45.1 Å². The van der Waals surface area contributed by atoms with Gasteiger partial charge in [-0.15, -0.1) is 0 Å². The Morgan fingerprint density at radius 1 is 1.60 bits per heavy atom. The number of carbonyl (C=O) groups is 1. The van der Waals surface area contributed by atoms with Crippen LogP contribution in [0.2, 0.25) is 0 Å². The lowest BCUT2D eigenvalue weighted by Crippen LogP contribution is -2.52. The van der Waals surface area contributed by atoms with Crippen LogP contribution >= 0.6 is 0 Å². The van der Waals surface area contributed by atoms with E-state index in [9.17, 15) is 4.79 Å². The molecule has 2 aliphatic rings. The summed E-state index contributed by atoms with van der Waals surface area (Å²) in [6.45, 7) is 3.62. The van der Waals surface area contributed by atoms with Gasteiger partial charge >= 0.3 is 0 Å². The SMILES string of the molecule is CC1(C(=O)NCC2CC(O)C2)CCCN1. The molecule has 1 saturated carbocycles. The molecule has 1 amide bonds. The Balaban J connectivity index is 1.72. The number of rotatable bonds is 3. The smallest absolute Gasteiger partial charge is 0.240 e. The Morgan fingerprint density at radius 3 is 2.87 bits per heavy atom. The van der Waals surface area contributed by atoms with E-state index >= 15 is 0 Å². The standard InChI is InChI=1S/C11H20N2O2/c1-11(3-2-4-13-11)10(15)12-7-8-5-9(14)6-8/h8-9,13-14H,2-7H2,1H3,(H,12,15). The summed E-state index contributed by atoms with van der Waals surface area (Å²) in [6.07, 6.45) is 3.54. The fourth-order valence-electron chi connectivity index (χ4n) is 2.39. The largest absolute Gasteiger partial charge is 0.393 e. The first-order valence-corrected chi connectivity index (χ1v) is 5.81. The van der Waals surface area contributed by atoms with Crippen molar-refractivity contribution in [1.29, 1.82) is 0 Å². The Labute approximate surface area is 90.4 Å². The Hall–Kier alpha value is -0.610. The zero-order valence-electron chi connectivity index (χ0n) is 9.25. The molecule has 1 saturated heterocycles. The molecule has 3 N–H and O–H groups in total. The summed E-state index contributed by atoms with van der Waals surface area (Å²) in [7, 11) is 0. The van der Waals surface area contributed by atoms with Crippen molar-refractivity contribution < 1.29 is 9.90 Å². The fourth-order valence-corrected chi connectivity index (χ4v) is 2.39. The number of hydrogen-bond acceptors (Lipinski definition) is 3. The maximum Gasteiger partial charge on any atom is 0.240 e. The van der Waals surface area contributed by atoms with Crippen molar-refractivity contribution in [2.24, 2.45) is 5.92 Å². The van der Waals surface area contributed by atoms with E-state index in [0.717, 1.165) is 32.2 Å². The van der Waals surface area contributed by atoms with Crippen LogP contribution in [-0.2, 0) is 4.79 Å². The van der Waals surface area contributed by atoms with Crippen LogP contribution < -0.4 is 10.6 Å². The monoisotopic (exact) mass is 212 g/mol. The van der Waals surface area contributed by atoms with Crippen LogP contribution in [0.1, 0.15) is 32.6 Å². The minimum atomic E-state index is -0.359. The molecule has 1 heterocycles. The van der Waals surface area contributed by atoms with E-state index < -0.39 is 0 Å². The fraction of sp³-hybridized carbons (Fsp3) is 0.909. The average Bonchev–Trinajstić information content (AvgIpc) is 2.59. The summed E-state index contributed by atoms with van der Waals surface area (Å²) >= 11 is 0. The predicted octanol–water partition coefficient (Wildman–Crippen LogP) is 0.0156. The molecule has 0 aromatic carbocycles. The quantitative estimate of drug-likeness (QED) is 0.618. The van der Waals surface area contributed by atoms with Crippen molar-refractivity contribution in [3.8, 4) is 0 Å². The lowest BCUT2D eigenvalue weighted by atomic mass is 9.82. The summed E-state index contributed by atoms with van der Waals surface area (Å²) < 4.78 is 0. The minimum Gasteiger partial charge on any atom is -0.393 e. The van der Waals surface area contributed by atoms with Gasteiger partial charge in [-0.1, -0.05) is 0 Å². The van der Waals surface area contributed by atoms with Crippen LogP contribution in [0.5, 0.6) is 0 Å². The molecule has 15 heavy (non-hydrogen) atoms. The zero-order valence-corrected chi connectivity index (χ0v) is 9.25. The summed E-state index contributed by atoms with van der Waals surface area (Å²) in [6, 6.07) is 0. The first kappa shape index (κ1) is 10.9. The van der Waals surface area contributed by atoms with Crippen LogP contribution in [0.4, 0.5) is 0 Å². The highest BCUT2D eigenvalue weighted by Crippen LogP contribution is 2.26. The summed E-state index contributed by atoms with van der Waals surface area (Å²) in [5.74, 6) is 0.593. The number of aliphatic hydroxyl groups excluding tert-OH is 1. The topological polar surface area (TPSA) is 61.4 Å². The van der Waals surface area contributed by atoms with Gasteiger partial charge in [-0.25, -0.2) is 0 Å². The highest BCUT2D eigenvalue weighted by atomic mass is 16.3. The molecule has 1 atom stereocenters. The van der Waals surface area contributed by atoms with Gasteiger partial charge in [0, 0.05) is 6.54 Å². The molecule has 0 aromatic heterocycles. The van der Waals surface area contributed by atoms with Crippen molar-refractivity contribution >= 4 is 5.91 Å². The van der Waals surface area contributed by atoms with Gasteiger partial charge in [-0.3, -0.25) is 4.79 Å². The third kappa shape index (κ3) is 2.32. The van der Waals surface area contributed by atoms with E-state index in [-0.39, 0.29) is 17.6 Å². The second-order valence-corrected chi connectivity index (χ2v) is 5.06. The third-order valence-corrected chi connectivity index (χ3v) is 3.63. The lowest BCUT2D eigenvalue weighted by molar-refractivity contribution is -0.127. The molecule has 1 unspecified atom stereocenters. The van der Waals surface area contributed by atoms with Crippen molar-refractivity contribution in [3.05, 3.63) is 0 Å².